The second-order valence-electron chi connectivity index (χ2n) is 5.04. The van der Waals surface area contributed by atoms with E-state index in [4.69, 9.17) is 0 Å². The highest BCUT2D eigenvalue weighted by atomic mass is 79.9. The zero-order chi connectivity index (χ0) is 13.4. The average Bonchev–Trinajstić information content (AvgIpc) is 2.77. The fraction of sp³-hybridized carbons (Fsp3) is 0.429. The quantitative estimate of drug-likeness (QED) is 0.913. The number of rotatable bonds is 2. The predicted octanol–water partition coefficient (Wildman–Crippen LogP) is 3.84. The van der Waals surface area contributed by atoms with Crippen molar-refractivity contribution >= 4 is 27.4 Å². The molecule has 19 heavy (non-hydrogen) atoms. The van der Waals surface area contributed by atoms with Gasteiger partial charge in [0.1, 0.15) is 10.4 Å². The smallest absolute Gasteiger partial charge is 0.337 e. The maximum absolute atomic E-state index is 11.3. The Morgan fingerprint density at radius 1 is 1.37 bits per heavy atom. The van der Waals surface area contributed by atoms with Gasteiger partial charge in [-0.05, 0) is 40.9 Å². The predicted molar refractivity (Wildman–Crippen MR) is 75.7 cm³/mol. The van der Waals surface area contributed by atoms with Gasteiger partial charge in [-0.2, -0.15) is 0 Å². The van der Waals surface area contributed by atoms with Gasteiger partial charge in [-0.25, -0.2) is 9.78 Å². The van der Waals surface area contributed by atoms with Crippen LogP contribution in [0.2, 0.25) is 0 Å². The van der Waals surface area contributed by atoms with Crippen LogP contribution in [0.1, 0.15) is 54.2 Å². The molecule has 3 rings (SSSR count). The third-order valence-corrected chi connectivity index (χ3v) is 4.40. The SMILES string of the molecule is O=C(O)c1cccn2c(C3CCCCC3)nc(Br)c12. The number of aromatic carboxylic acids is 1. The Morgan fingerprint density at radius 3 is 2.79 bits per heavy atom. The molecule has 0 unspecified atom stereocenters. The lowest BCUT2D eigenvalue weighted by Crippen LogP contribution is -2.09. The normalized spacial score (nSPS) is 16.9. The fourth-order valence-corrected chi connectivity index (χ4v) is 3.53. The minimum Gasteiger partial charge on any atom is -0.478 e. The number of hydrogen-bond donors (Lipinski definition) is 1. The van der Waals surface area contributed by atoms with E-state index in [1.54, 1.807) is 12.1 Å². The number of hydrogen-bond acceptors (Lipinski definition) is 2. The van der Waals surface area contributed by atoms with Crippen molar-refractivity contribution in [2.45, 2.75) is 38.0 Å². The molecular formula is C14H15BrN2O2. The highest BCUT2D eigenvalue weighted by Gasteiger charge is 2.23. The van der Waals surface area contributed by atoms with Gasteiger partial charge in [-0.15, -0.1) is 0 Å². The van der Waals surface area contributed by atoms with E-state index in [1.807, 2.05) is 10.6 Å². The van der Waals surface area contributed by atoms with E-state index in [9.17, 15) is 9.90 Å². The molecule has 2 aromatic heterocycles. The molecule has 100 valence electrons. The maximum Gasteiger partial charge on any atom is 0.337 e. The van der Waals surface area contributed by atoms with Crippen LogP contribution in [0.15, 0.2) is 22.9 Å². The summed E-state index contributed by atoms with van der Waals surface area (Å²) in [6, 6.07) is 3.39. The molecule has 1 aliphatic carbocycles. The molecule has 4 nitrogen and oxygen atoms in total. The topological polar surface area (TPSA) is 54.6 Å². The first-order valence-corrected chi connectivity index (χ1v) is 7.37. The first-order chi connectivity index (χ1) is 9.18. The molecule has 0 aliphatic heterocycles. The standard InChI is InChI=1S/C14H15BrN2O2/c15-12-11-10(14(18)19)7-4-8-17(11)13(16-12)9-5-2-1-3-6-9/h4,7-9H,1-3,5-6H2,(H,18,19). The van der Waals surface area contributed by atoms with E-state index in [1.165, 1.54) is 19.3 Å². The van der Waals surface area contributed by atoms with E-state index in [0.29, 0.717) is 21.6 Å². The molecule has 0 amide bonds. The molecule has 1 saturated carbocycles. The van der Waals surface area contributed by atoms with Crippen LogP contribution in [0.4, 0.5) is 0 Å². The van der Waals surface area contributed by atoms with Gasteiger partial charge < -0.3 is 9.51 Å². The second-order valence-corrected chi connectivity index (χ2v) is 5.79. The molecule has 5 heteroatoms. The van der Waals surface area contributed by atoms with E-state index in [2.05, 4.69) is 20.9 Å². The molecular weight excluding hydrogens is 308 g/mol. The van der Waals surface area contributed by atoms with Crippen LogP contribution in [0.3, 0.4) is 0 Å². The summed E-state index contributed by atoms with van der Waals surface area (Å²) in [7, 11) is 0. The van der Waals surface area contributed by atoms with E-state index in [-0.39, 0.29) is 0 Å². The number of carboxylic acid groups (broad SMARTS) is 1. The Hall–Kier alpha value is -1.36. The second kappa shape index (κ2) is 4.96. The Kier molecular flexibility index (Phi) is 3.31. The van der Waals surface area contributed by atoms with Gasteiger partial charge in [0, 0.05) is 12.1 Å². The third kappa shape index (κ3) is 2.16. The minimum atomic E-state index is -0.915. The number of aromatic nitrogens is 2. The van der Waals surface area contributed by atoms with Crippen LogP contribution >= 0.6 is 15.9 Å². The summed E-state index contributed by atoms with van der Waals surface area (Å²) in [6.45, 7) is 0. The number of halogens is 1. The van der Waals surface area contributed by atoms with Crippen LogP contribution in [-0.4, -0.2) is 20.5 Å². The first kappa shape index (κ1) is 12.7. The molecule has 0 saturated heterocycles. The van der Waals surface area contributed by atoms with Gasteiger partial charge in [0.25, 0.3) is 0 Å². The van der Waals surface area contributed by atoms with Gasteiger partial charge in [-0.1, -0.05) is 19.3 Å². The van der Waals surface area contributed by atoms with Crippen LogP contribution in [0.5, 0.6) is 0 Å². The van der Waals surface area contributed by atoms with Crippen LogP contribution in [0, 0.1) is 0 Å². The van der Waals surface area contributed by atoms with Gasteiger partial charge in [0.2, 0.25) is 0 Å². The summed E-state index contributed by atoms with van der Waals surface area (Å²) in [5, 5.41) is 9.26. The first-order valence-electron chi connectivity index (χ1n) is 6.58. The molecule has 2 heterocycles. The van der Waals surface area contributed by atoms with Gasteiger partial charge in [-0.3, -0.25) is 0 Å². The zero-order valence-electron chi connectivity index (χ0n) is 10.5. The zero-order valence-corrected chi connectivity index (χ0v) is 12.1. The Labute approximate surface area is 119 Å². The molecule has 0 spiro atoms. The van der Waals surface area contributed by atoms with Crippen molar-refractivity contribution in [2.75, 3.05) is 0 Å². The summed E-state index contributed by atoms with van der Waals surface area (Å²) in [6.07, 6.45) is 7.95. The van der Waals surface area contributed by atoms with Gasteiger partial charge >= 0.3 is 5.97 Å². The number of nitrogens with zero attached hydrogens (tertiary/aromatic N) is 2. The average molecular weight is 323 g/mol. The highest BCUT2D eigenvalue weighted by molar-refractivity contribution is 9.10. The van der Waals surface area contributed by atoms with Gasteiger partial charge in [0.05, 0.1) is 11.1 Å². The molecule has 2 aromatic rings. The summed E-state index contributed by atoms with van der Waals surface area (Å²) in [5.41, 5.74) is 0.958. The summed E-state index contributed by atoms with van der Waals surface area (Å²) in [4.78, 5) is 15.9. The molecule has 0 atom stereocenters. The number of pyridine rings is 1. The summed E-state index contributed by atoms with van der Waals surface area (Å²) < 4.78 is 2.56. The lowest BCUT2D eigenvalue weighted by atomic mass is 9.89. The van der Waals surface area contributed by atoms with E-state index < -0.39 is 5.97 Å². The van der Waals surface area contributed by atoms with Gasteiger partial charge in [0.15, 0.2) is 0 Å². The maximum atomic E-state index is 11.3. The number of imidazole rings is 1. The number of fused-ring (bicyclic) bond motifs is 1. The summed E-state index contributed by atoms with van der Waals surface area (Å²) in [5.74, 6) is 0.516. The van der Waals surface area contributed by atoms with E-state index >= 15 is 0 Å². The Morgan fingerprint density at radius 2 is 2.11 bits per heavy atom. The minimum absolute atomic E-state index is 0.295. The molecule has 1 aliphatic rings. The van der Waals surface area contributed by atoms with Crippen molar-refractivity contribution in [3.63, 3.8) is 0 Å². The van der Waals surface area contributed by atoms with Crippen molar-refractivity contribution in [3.05, 3.63) is 34.3 Å². The van der Waals surface area contributed by atoms with E-state index in [0.717, 1.165) is 18.7 Å². The molecule has 0 bridgehead atoms. The van der Waals surface area contributed by atoms with Crippen molar-refractivity contribution in [3.8, 4) is 0 Å². The molecule has 1 fully saturated rings. The Bertz CT molecular complexity index is 630. The van der Waals surface area contributed by atoms with Crippen molar-refractivity contribution in [1.82, 2.24) is 9.38 Å². The third-order valence-electron chi connectivity index (χ3n) is 3.85. The van der Waals surface area contributed by atoms with Crippen LogP contribution in [-0.2, 0) is 0 Å². The lowest BCUT2D eigenvalue weighted by Gasteiger charge is -2.20. The molecule has 0 radical (unpaired) electrons. The lowest BCUT2D eigenvalue weighted by molar-refractivity contribution is 0.0698. The Balaban J connectivity index is 2.16. The van der Waals surface area contributed by atoms with Crippen molar-refractivity contribution in [2.24, 2.45) is 0 Å². The van der Waals surface area contributed by atoms with Crippen LogP contribution < -0.4 is 0 Å². The monoisotopic (exact) mass is 322 g/mol. The van der Waals surface area contributed by atoms with Crippen molar-refractivity contribution in [1.29, 1.82) is 0 Å². The molecule has 1 N–H and O–H groups in total. The highest BCUT2D eigenvalue weighted by Crippen LogP contribution is 2.34. The summed E-state index contributed by atoms with van der Waals surface area (Å²) >= 11 is 3.41. The fourth-order valence-electron chi connectivity index (χ4n) is 2.94. The number of carboxylic acids is 1. The number of carbonyl (C=O) groups is 1. The van der Waals surface area contributed by atoms with Crippen molar-refractivity contribution < 1.29 is 9.90 Å². The molecule has 0 aromatic carbocycles. The van der Waals surface area contributed by atoms with Crippen LogP contribution in [0.25, 0.3) is 5.52 Å². The largest absolute Gasteiger partial charge is 0.478 e.